The molecule has 7 nitrogen and oxygen atoms in total. The summed E-state index contributed by atoms with van der Waals surface area (Å²) in [4.78, 5) is 28.0. The van der Waals surface area contributed by atoms with Crippen LogP contribution in [-0.2, 0) is 26.2 Å². The Bertz CT molecular complexity index is 1310. The van der Waals surface area contributed by atoms with E-state index < -0.39 is 34.3 Å². The van der Waals surface area contributed by atoms with Crippen molar-refractivity contribution < 1.29 is 22.4 Å². The van der Waals surface area contributed by atoms with Gasteiger partial charge >= 0.3 is 0 Å². The van der Waals surface area contributed by atoms with E-state index in [0.717, 1.165) is 10.7 Å². The lowest BCUT2D eigenvalue weighted by Crippen LogP contribution is -2.51. The molecule has 0 aliphatic heterocycles. The summed E-state index contributed by atoms with van der Waals surface area (Å²) in [5.74, 6) is -1.34. The number of hydrogen-bond donors (Lipinski definition) is 1. The van der Waals surface area contributed by atoms with E-state index in [0.29, 0.717) is 23.4 Å². The number of carbonyl (C=O) groups is 2. The number of nitrogens with zero attached hydrogens (tertiary/aromatic N) is 2. The first-order chi connectivity index (χ1) is 17.6. The SMILES string of the molecule is CCCNC(=O)[C@H](C)N(Cc1ccc(F)cc1)C(=O)CN(c1ccccc1C)S(=O)(=O)c1ccccc1. The fourth-order valence-electron chi connectivity index (χ4n) is 3.84. The number of benzene rings is 3. The van der Waals surface area contributed by atoms with Gasteiger partial charge in [-0.25, -0.2) is 12.8 Å². The molecule has 0 aliphatic carbocycles. The van der Waals surface area contributed by atoms with Gasteiger partial charge in [-0.05, 0) is 61.7 Å². The van der Waals surface area contributed by atoms with Crippen LogP contribution in [0.4, 0.5) is 10.1 Å². The third-order valence-electron chi connectivity index (χ3n) is 5.98. The van der Waals surface area contributed by atoms with Crippen molar-refractivity contribution in [2.75, 3.05) is 17.4 Å². The Labute approximate surface area is 218 Å². The van der Waals surface area contributed by atoms with Gasteiger partial charge in [-0.15, -0.1) is 0 Å². The molecule has 196 valence electrons. The lowest BCUT2D eigenvalue weighted by molar-refractivity contribution is -0.139. The predicted octanol–water partition coefficient (Wildman–Crippen LogP) is 4.27. The van der Waals surface area contributed by atoms with Crippen molar-refractivity contribution in [3.63, 3.8) is 0 Å². The van der Waals surface area contributed by atoms with E-state index >= 15 is 0 Å². The van der Waals surface area contributed by atoms with Gasteiger partial charge in [0, 0.05) is 13.1 Å². The van der Waals surface area contributed by atoms with Crippen molar-refractivity contribution >= 4 is 27.5 Å². The second kappa shape index (κ2) is 12.5. The molecule has 3 aromatic rings. The van der Waals surface area contributed by atoms with Gasteiger partial charge in [-0.3, -0.25) is 13.9 Å². The minimum absolute atomic E-state index is 0.00677. The molecule has 0 aromatic heterocycles. The molecule has 0 aliphatic rings. The lowest BCUT2D eigenvalue weighted by atomic mass is 10.1. The van der Waals surface area contributed by atoms with Crippen molar-refractivity contribution in [1.82, 2.24) is 10.2 Å². The second-order valence-electron chi connectivity index (χ2n) is 8.73. The third kappa shape index (κ3) is 6.95. The number of carbonyl (C=O) groups excluding carboxylic acids is 2. The summed E-state index contributed by atoms with van der Waals surface area (Å²) < 4.78 is 42.0. The number of halogens is 1. The number of amides is 2. The average molecular weight is 526 g/mol. The predicted molar refractivity (Wildman–Crippen MR) is 142 cm³/mol. The van der Waals surface area contributed by atoms with Gasteiger partial charge < -0.3 is 10.2 Å². The van der Waals surface area contributed by atoms with Crippen LogP contribution in [-0.4, -0.2) is 44.3 Å². The van der Waals surface area contributed by atoms with Gasteiger partial charge in [0.05, 0.1) is 10.6 Å². The zero-order valence-electron chi connectivity index (χ0n) is 21.2. The van der Waals surface area contributed by atoms with E-state index in [2.05, 4.69) is 5.32 Å². The number of para-hydroxylation sites is 1. The molecule has 3 rings (SSSR count). The Morgan fingerprint density at radius 2 is 1.57 bits per heavy atom. The molecule has 0 spiro atoms. The summed E-state index contributed by atoms with van der Waals surface area (Å²) in [6.07, 6.45) is 0.723. The summed E-state index contributed by atoms with van der Waals surface area (Å²) in [7, 11) is -4.11. The van der Waals surface area contributed by atoms with E-state index in [4.69, 9.17) is 0 Å². The summed E-state index contributed by atoms with van der Waals surface area (Å²) in [6, 6.07) is 19.5. The number of nitrogens with one attached hydrogen (secondary N) is 1. The minimum atomic E-state index is -4.11. The maximum absolute atomic E-state index is 13.8. The molecule has 0 saturated carbocycles. The van der Waals surface area contributed by atoms with Crippen LogP contribution in [0.2, 0.25) is 0 Å². The lowest BCUT2D eigenvalue weighted by Gasteiger charge is -2.32. The summed E-state index contributed by atoms with van der Waals surface area (Å²) >= 11 is 0. The van der Waals surface area contributed by atoms with E-state index in [1.54, 1.807) is 56.3 Å². The molecule has 1 N–H and O–H groups in total. The average Bonchev–Trinajstić information content (AvgIpc) is 2.90. The first kappa shape index (κ1) is 27.9. The van der Waals surface area contributed by atoms with Crippen LogP contribution in [0, 0.1) is 12.7 Å². The van der Waals surface area contributed by atoms with Crippen LogP contribution in [0.1, 0.15) is 31.4 Å². The monoisotopic (exact) mass is 525 g/mol. The Morgan fingerprint density at radius 3 is 2.19 bits per heavy atom. The highest BCUT2D eigenvalue weighted by Crippen LogP contribution is 2.27. The molecule has 37 heavy (non-hydrogen) atoms. The Morgan fingerprint density at radius 1 is 0.946 bits per heavy atom. The topological polar surface area (TPSA) is 86.8 Å². The van der Waals surface area contributed by atoms with Crippen LogP contribution in [0.5, 0.6) is 0 Å². The third-order valence-corrected chi connectivity index (χ3v) is 7.75. The molecular weight excluding hydrogens is 493 g/mol. The van der Waals surface area contributed by atoms with Crippen LogP contribution in [0.3, 0.4) is 0 Å². The largest absolute Gasteiger partial charge is 0.354 e. The second-order valence-corrected chi connectivity index (χ2v) is 10.6. The van der Waals surface area contributed by atoms with Crippen LogP contribution >= 0.6 is 0 Å². The zero-order valence-corrected chi connectivity index (χ0v) is 22.0. The van der Waals surface area contributed by atoms with Gasteiger partial charge in [0.2, 0.25) is 11.8 Å². The standard InChI is InChI=1S/C28H32FN3O4S/c1-4-18-30-28(34)22(3)31(19-23-14-16-24(29)17-15-23)27(33)20-32(26-13-9-8-10-21(26)2)37(35,36)25-11-6-5-7-12-25/h5-17,22H,4,18-20H2,1-3H3,(H,30,34)/t22-/m0/s1. The summed E-state index contributed by atoms with van der Waals surface area (Å²) in [6.45, 7) is 5.21. The normalized spacial score (nSPS) is 12.0. The zero-order chi connectivity index (χ0) is 27.0. The van der Waals surface area contributed by atoms with E-state index in [-0.39, 0.29) is 17.3 Å². The first-order valence-corrected chi connectivity index (χ1v) is 13.5. The molecule has 1 atom stereocenters. The highest BCUT2D eigenvalue weighted by Gasteiger charge is 2.32. The Hall–Kier alpha value is -3.72. The fourth-order valence-corrected chi connectivity index (χ4v) is 5.34. The fraction of sp³-hybridized carbons (Fsp3) is 0.286. The van der Waals surface area contributed by atoms with E-state index in [1.807, 2.05) is 6.92 Å². The highest BCUT2D eigenvalue weighted by molar-refractivity contribution is 7.92. The molecule has 0 unspecified atom stereocenters. The van der Waals surface area contributed by atoms with Crippen molar-refractivity contribution in [3.8, 4) is 0 Å². The molecule has 0 radical (unpaired) electrons. The number of aryl methyl sites for hydroxylation is 1. The Balaban J connectivity index is 2.01. The van der Waals surface area contributed by atoms with Crippen LogP contribution < -0.4 is 9.62 Å². The van der Waals surface area contributed by atoms with Crippen molar-refractivity contribution in [2.24, 2.45) is 0 Å². The number of rotatable bonds is 11. The quantitative estimate of drug-likeness (QED) is 0.405. The maximum Gasteiger partial charge on any atom is 0.264 e. The minimum Gasteiger partial charge on any atom is -0.354 e. The van der Waals surface area contributed by atoms with Crippen molar-refractivity contribution in [3.05, 3.63) is 95.8 Å². The van der Waals surface area contributed by atoms with E-state index in [9.17, 15) is 22.4 Å². The number of sulfonamides is 1. The molecule has 0 heterocycles. The van der Waals surface area contributed by atoms with E-state index in [1.165, 1.54) is 41.3 Å². The molecule has 0 fully saturated rings. The summed E-state index contributed by atoms with van der Waals surface area (Å²) in [5, 5.41) is 2.79. The molecule has 3 aromatic carbocycles. The molecule has 9 heteroatoms. The van der Waals surface area contributed by atoms with Crippen molar-refractivity contribution in [2.45, 2.75) is 44.7 Å². The highest BCUT2D eigenvalue weighted by atomic mass is 32.2. The summed E-state index contributed by atoms with van der Waals surface area (Å²) in [5.41, 5.74) is 1.65. The van der Waals surface area contributed by atoms with Gasteiger partial charge in [-0.2, -0.15) is 0 Å². The molecule has 2 amide bonds. The molecular formula is C28H32FN3O4S. The van der Waals surface area contributed by atoms with Gasteiger partial charge in [0.25, 0.3) is 10.0 Å². The van der Waals surface area contributed by atoms with Gasteiger partial charge in [0.15, 0.2) is 0 Å². The van der Waals surface area contributed by atoms with Crippen LogP contribution in [0.15, 0.2) is 83.8 Å². The Kier molecular flexibility index (Phi) is 9.41. The van der Waals surface area contributed by atoms with Gasteiger partial charge in [-0.1, -0.05) is 55.5 Å². The first-order valence-electron chi connectivity index (χ1n) is 12.1. The number of anilines is 1. The van der Waals surface area contributed by atoms with Crippen LogP contribution in [0.25, 0.3) is 0 Å². The smallest absolute Gasteiger partial charge is 0.264 e. The molecule has 0 saturated heterocycles. The van der Waals surface area contributed by atoms with Crippen molar-refractivity contribution in [1.29, 1.82) is 0 Å². The number of hydrogen-bond acceptors (Lipinski definition) is 4. The van der Waals surface area contributed by atoms with Gasteiger partial charge in [0.1, 0.15) is 18.4 Å². The molecule has 0 bridgehead atoms. The maximum atomic E-state index is 13.8.